The van der Waals surface area contributed by atoms with Gasteiger partial charge in [0.25, 0.3) is 0 Å². The molecule has 0 atom stereocenters. The van der Waals surface area contributed by atoms with Crippen molar-refractivity contribution in [3.05, 3.63) is 41.6 Å². The monoisotopic (exact) mass is 232 g/mol. The highest BCUT2D eigenvalue weighted by molar-refractivity contribution is 5.73. The van der Waals surface area contributed by atoms with Crippen LogP contribution < -0.4 is 0 Å². The third-order valence-electron chi connectivity index (χ3n) is 2.56. The molecule has 0 bridgehead atoms. The van der Waals surface area contributed by atoms with Crippen LogP contribution in [0.5, 0.6) is 0 Å². The van der Waals surface area contributed by atoms with Crippen molar-refractivity contribution < 1.29 is 9.18 Å². The van der Waals surface area contributed by atoms with Crippen LogP contribution in [0.25, 0.3) is 11.3 Å². The quantitative estimate of drug-likeness (QED) is 0.826. The van der Waals surface area contributed by atoms with Crippen LogP contribution in [-0.4, -0.2) is 16.3 Å². The number of benzene rings is 1. The topological polar surface area (TPSA) is 45.8 Å². The van der Waals surface area contributed by atoms with Crippen molar-refractivity contribution in [2.45, 2.75) is 19.8 Å². The normalized spacial score (nSPS) is 10.8. The minimum Gasteiger partial charge on any atom is -0.339 e. The molecule has 0 amide bonds. The van der Waals surface area contributed by atoms with Gasteiger partial charge in [-0.25, -0.2) is 9.37 Å². The van der Waals surface area contributed by atoms with E-state index in [2.05, 4.69) is 9.97 Å². The predicted octanol–water partition coefficient (Wildman–Crippen LogP) is 3.15. The second-order valence-electron chi connectivity index (χ2n) is 4.16. The summed E-state index contributed by atoms with van der Waals surface area (Å²) in [7, 11) is 0. The van der Waals surface area contributed by atoms with Gasteiger partial charge in [-0.05, 0) is 30.2 Å². The van der Waals surface area contributed by atoms with Gasteiger partial charge in [-0.15, -0.1) is 0 Å². The summed E-state index contributed by atoms with van der Waals surface area (Å²) in [5.74, 6) is 0.232. The molecule has 0 spiro atoms. The fraction of sp³-hybridized carbons (Fsp3) is 0.231. The van der Waals surface area contributed by atoms with Gasteiger partial charge < -0.3 is 4.98 Å². The van der Waals surface area contributed by atoms with Crippen LogP contribution in [-0.2, 0) is 0 Å². The van der Waals surface area contributed by atoms with Crippen molar-refractivity contribution in [2.24, 2.45) is 0 Å². The van der Waals surface area contributed by atoms with Crippen LogP contribution in [0.15, 0.2) is 24.3 Å². The van der Waals surface area contributed by atoms with E-state index in [-0.39, 0.29) is 11.7 Å². The lowest BCUT2D eigenvalue weighted by molar-refractivity contribution is 0.111. The van der Waals surface area contributed by atoms with E-state index in [1.807, 2.05) is 13.8 Å². The van der Waals surface area contributed by atoms with E-state index in [0.717, 1.165) is 11.3 Å². The Morgan fingerprint density at radius 1 is 1.29 bits per heavy atom. The average Bonchev–Trinajstić information content (AvgIpc) is 2.74. The van der Waals surface area contributed by atoms with Gasteiger partial charge in [-0.1, -0.05) is 13.8 Å². The Kier molecular flexibility index (Phi) is 3.04. The minimum absolute atomic E-state index is 0.219. The zero-order chi connectivity index (χ0) is 12.4. The molecule has 0 radical (unpaired) electrons. The summed E-state index contributed by atoms with van der Waals surface area (Å²) in [5, 5.41) is 0. The molecule has 0 saturated carbocycles. The molecule has 0 aliphatic heterocycles. The van der Waals surface area contributed by atoms with Crippen molar-refractivity contribution in [3.63, 3.8) is 0 Å². The lowest BCUT2D eigenvalue weighted by Crippen LogP contribution is -1.91. The molecule has 0 saturated heterocycles. The second-order valence-corrected chi connectivity index (χ2v) is 4.16. The van der Waals surface area contributed by atoms with E-state index in [0.29, 0.717) is 17.8 Å². The number of H-pyrrole nitrogens is 1. The maximum absolute atomic E-state index is 12.8. The molecule has 0 fully saturated rings. The highest BCUT2D eigenvalue weighted by Gasteiger charge is 2.14. The number of aldehydes is 1. The van der Waals surface area contributed by atoms with E-state index in [9.17, 15) is 9.18 Å². The third kappa shape index (κ3) is 2.25. The number of halogens is 1. The number of aromatic nitrogens is 2. The summed E-state index contributed by atoms with van der Waals surface area (Å²) in [6.07, 6.45) is 0.679. The smallest absolute Gasteiger partial charge is 0.185 e. The van der Waals surface area contributed by atoms with Crippen LogP contribution in [0, 0.1) is 5.82 Å². The van der Waals surface area contributed by atoms with Crippen LogP contribution in [0.1, 0.15) is 36.1 Å². The number of carbonyl (C=O) groups excluding carboxylic acids is 1. The zero-order valence-corrected chi connectivity index (χ0v) is 9.70. The van der Waals surface area contributed by atoms with Gasteiger partial charge in [-0.2, -0.15) is 0 Å². The number of hydrogen-bond donors (Lipinski definition) is 1. The Labute approximate surface area is 98.7 Å². The summed E-state index contributed by atoms with van der Waals surface area (Å²) in [6, 6.07) is 6.08. The van der Waals surface area contributed by atoms with E-state index >= 15 is 0 Å². The molecule has 17 heavy (non-hydrogen) atoms. The molecule has 88 valence electrons. The second kappa shape index (κ2) is 4.49. The van der Waals surface area contributed by atoms with Gasteiger partial charge >= 0.3 is 0 Å². The lowest BCUT2D eigenvalue weighted by Gasteiger charge is -2.05. The molecule has 2 aromatic rings. The van der Waals surface area contributed by atoms with E-state index in [1.54, 1.807) is 12.1 Å². The number of rotatable bonds is 3. The van der Waals surface area contributed by atoms with Crippen LogP contribution >= 0.6 is 0 Å². The Morgan fingerprint density at radius 2 is 1.94 bits per heavy atom. The SMILES string of the molecule is CC(C)c1[nH]c(C=O)nc1-c1ccc(F)cc1. The van der Waals surface area contributed by atoms with Crippen LogP contribution in [0.2, 0.25) is 0 Å². The lowest BCUT2D eigenvalue weighted by atomic mass is 10.0. The van der Waals surface area contributed by atoms with E-state index in [1.165, 1.54) is 12.1 Å². The first-order chi connectivity index (χ1) is 8.11. The standard InChI is InChI=1S/C13H13FN2O/c1-8(2)12-13(16-11(7-17)15-12)9-3-5-10(14)6-4-9/h3-8H,1-2H3,(H,15,16). The molecule has 0 unspecified atom stereocenters. The summed E-state index contributed by atoms with van der Waals surface area (Å²) >= 11 is 0. The summed E-state index contributed by atoms with van der Waals surface area (Å²) in [4.78, 5) is 17.9. The summed E-state index contributed by atoms with van der Waals surface area (Å²) < 4.78 is 12.8. The maximum Gasteiger partial charge on any atom is 0.185 e. The van der Waals surface area contributed by atoms with Crippen molar-refractivity contribution in [2.75, 3.05) is 0 Å². The molecule has 1 heterocycles. The van der Waals surface area contributed by atoms with Crippen molar-refractivity contribution in [1.82, 2.24) is 9.97 Å². The zero-order valence-electron chi connectivity index (χ0n) is 9.70. The molecule has 1 aromatic carbocycles. The van der Waals surface area contributed by atoms with Crippen molar-refractivity contribution in [3.8, 4) is 11.3 Å². The van der Waals surface area contributed by atoms with Crippen LogP contribution in [0.4, 0.5) is 4.39 Å². The van der Waals surface area contributed by atoms with Gasteiger partial charge in [0.05, 0.1) is 5.69 Å². The summed E-state index contributed by atoms with van der Waals surface area (Å²) in [6.45, 7) is 4.02. The first kappa shape index (κ1) is 11.5. The van der Waals surface area contributed by atoms with Gasteiger partial charge in [-0.3, -0.25) is 4.79 Å². The number of nitrogens with one attached hydrogen (secondary N) is 1. The molecule has 0 aliphatic rings. The maximum atomic E-state index is 12.8. The third-order valence-corrected chi connectivity index (χ3v) is 2.56. The highest BCUT2D eigenvalue weighted by Crippen LogP contribution is 2.26. The Hall–Kier alpha value is -1.97. The fourth-order valence-corrected chi connectivity index (χ4v) is 1.71. The predicted molar refractivity (Wildman–Crippen MR) is 63.5 cm³/mol. The Morgan fingerprint density at radius 3 is 2.47 bits per heavy atom. The molecule has 3 nitrogen and oxygen atoms in total. The van der Waals surface area contributed by atoms with E-state index < -0.39 is 0 Å². The molecule has 4 heteroatoms. The fourth-order valence-electron chi connectivity index (χ4n) is 1.71. The molecule has 0 aliphatic carbocycles. The number of hydrogen-bond acceptors (Lipinski definition) is 2. The Balaban J connectivity index is 2.53. The first-order valence-corrected chi connectivity index (χ1v) is 5.43. The largest absolute Gasteiger partial charge is 0.339 e. The van der Waals surface area contributed by atoms with E-state index in [4.69, 9.17) is 0 Å². The van der Waals surface area contributed by atoms with Gasteiger partial charge in [0.15, 0.2) is 12.1 Å². The van der Waals surface area contributed by atoms with Gasteiger partial charge in [0, 0.05) is 11.3 Å². The van der Waals surface area contributed by atoms with Gasteiger partial charge in [0.2, 0.25) is 0 Å². The number of aromatic amines is 1. The van der Waals surface area contributed by atoms with Crippen molar-refractivity contribution >= 4 is 6.29 Å². The number of imidazole rings is 1. The average molecular weight is 232 g/mol. The number of carbonyl (C=O) groups is 1. The summed E-state index contributed by atoms with van der Waals surface area (Å²) in [5.41, 5.74) is 2.40. The van der Waals surface area contributed by atoms with Crippen molar-refractivity contribution in [1.29, 1.82) is 0 Å². The molecular formula is C13H13FN2O. The molecular weight excluding hydrogens is 219 g/mol. The van der Waals surface area contributed by atoms with Crippen LogP contribution in [0.3, 0.4) is 0 Å². The molecule has 1 N–H and O–H groups in total. The number of nitrogens with zero attached hydrogens (tertiary/aromatic N) is 1. The van der Waals surface area contributed by atoms with Gasteiger partial charge in [0.1, 0.15) is 5.82 Å². The first-order valence-electron chi connectivity index (χ1n) is 5.43. The molecule has 2 rings (SSSR count). The highest BCUT2D eigenvalue weighted by atomic mass is 19.1. The minimum atomic E-state index is -0.286. The molecule has 1 aromatic heterocycles. The Bertz CT molecular complexity index is 529.